The number of carbonyl (C=O) groups excluding carboxylic acids is 1. The predicted octanol–water partition coefficient (Wildman–Crippen LogP) is 3.89. The Balaban J connectivity index is 2.08. The molecule has 0 saturated carbocycles. The van der Waals surface area contributed by atoms with E-state index in [4.69, 9.17) is 0 Å². The number of rotatable bonds is 4. The van der Waals surface area contributed by atoms with Crippen LogP contribution in [0.15, 0.2) is 53.4 Å². The van der Waals surface area contributed by atoms with Crippen molar-refractivity contribution in [3.63, 3.8) is 0 Å². The van der Waals surface area contributed by atoms with Crippen LogP contribution in [-0.4, -0.2) is 10.9 Å². The van der Waals surface area contributed by atoms with E-state index in [0.717, 1.165) is 10.6 Å². The molecule has 0 aliphatic carbocycles. The van der Waals surface area contributed by atoms with Crippen LogP contribution in [0, 0.1) is 0 Å². The normalized spacial score (nSPS) is 10.3. The third-order valence-electron chi connectivity index (χ3n) is 2.60. The molecule has 0 unspecified atom stereocenters. The van der Waals surface area contributed by atoms with Crippen LogP contribution in [0.25, 0.3) is 0 Å². The van der Waals surface area contributed by atoms with Gasteiger partial charge in [0.2, 0.25) is 0 Å². The Kier molecular flexibility index (Phi) is 4.05. The average Bonchev–Trinajstić information content (AvgIpc) is 2.38. The quantitative estimate of drug-likeness (QED) is 0.668. The van der Waals surface area contributed by atoms with Gasteiger partial charge in [0.15, 0.2) is 5.78 Å². The number of thioether (sulfide) groups is 1. The molecule has 92 valence electrons. The molecule has 0 amide bonds. The number of carbonyl (C=O) groups is 1. The van der Waals surface area contributed by atoms with Gasteiger partial charge in [0, 0.05) is 16.2 Å². The number of hydrogen-bond acceptors (Lipinski definition) is 3. The van der Waals surface area contributed by atoms with Gasteiger partial charge >= 0.3 is 0 Å². The fourth-order valence-electron chi connectivity index (χ4n) is 1.59. The number of phenols is 1. The Morgan fingerprint density at radius 1 is 1.17 bits per heavy atom. The number of hydrogen-bond donors (Lipinski definition) is 1. The summed E-state index contributed by atoms with van der Waals surface area (Å²) in [7, 11) is 0. The van der Waals surface area contributed by atoms with E-state index in [-0.39, 0.29) is 11.5 Å². The first-order chi connectivity index (χ1) is 8.66. The van der Waals surface area contributed by atoms with E-state index in [9.17, 15) is 9.90 Å². The SMILES string of the molecule is CC(=O)c1ccc(SCc2ccccc2)c(O)c1. The lowest BCUT2D eigenvalue weighted by Crippen LogP contribution is -1.91. The third kappa shape index (κ3) is 3.14. The number of aromatic hydroxyl groups is 1. The molecule has 0 radical (unpaired) electrons. The molecule has 2 aromatic carbocycles. The highest BCUT2D eigenvalue weighted by atomic mass is 32.2. The van der Waals surface area contributed by atoms with Crippen molar-refractivity contribution in [2.75, 3.05) is 0 Å². The fourth-order valence-corrected chi connectivity index (χ4v) is 2.48. The van der Waals surface area contributed by atoms with Gasteiger partial charge in [0.25, 0.3) is 0 Å². The van der Waals surface area contributed by atoms with E-state index >= 15 is 0 Å². The van der Waals surface area contributed by atoms with Crippen LogP contribution in [0.2, 0.25) is 0 Å². The molecule has 0 aliphatic heterocycles. The molecule has 0 spiro atoms. The summed E-state index contributed by atoms with van der Waals surface area (Å²) in [5, 5.41) is 9.85. The summed E-state index contributed by atoms with van der Waals surface area (Å²) in [5.41, 5.74) is 1.74. The summed E-state index contributed by atoms with van der Waals surface area (Å²) >= 11 is 1.56. The molecule has 3 heteroatoms. The van der Waals surface area contributed by atoms with E-state index in [2.05, 4.69) is 0 Å². The van der Waals surface area contributed by atoms with Crippen molar-refractivity contribution < 1.29 is 9.90 Å². The lowest BCUT2D eigenvalue weighted by molar-refractivity contribution is 0.101. The molecule has 0 fully saturated rings. The lowest BCUT2D eigenvalue weighted by atomic mass is 10.1. The molecular formula is C15H14O2S. The highest BCUT2D eigenvalue weighted by Crippen LogP contribution is 2.31. The summed E-state index contributed by atoms with van der Waals surface area (Å²) < 4.78 is 0. The third-order valence-corrected chi connectivity index (χ3v) is 3.74. The van der Waals surface area contributed by atoms with Crippen molar-refractivity contribution >= 4 is 17.5 Å². The summed E-state index contributed by atoms with van der Waals surface area (Å²) in [4.78, 5) is 12.0. The number of benzene rings is 2. The minimum Gasteiger partial charge on any atom is -0.507 e. The van der Waals surface area contributed by atoms with Crippen LogP contribution >= 0.6 is 11.8 Å². The van der Waals surface area contributed by atoms with Gasteiger partial charge < -0.3 is 5.11 Å². The van der Waals surface area contributed by atoms with E-state index in [0.29, 0.717) is 5.56 Å². The standard InChI is InChI=1S/C15H14O2S/c1-11(16)13-7-8-15(14(17)9-13)18-10-12-5-3-2-4-6-12/h2-9,17H,10H2,1H3. The zero-order valence-corrected chi connectivity index (χ0v) is 10.9. The zero-order chi connectivity index (χ0) is 13.0. The average molecular weight is 258 g/mol. The molecule has 18 heavy (non-hydrogen) atoms. The molecule has 0 atom stereocenters. The summed E-state index contributed by atoms with van der Waals surface area (Å²) in [6, 6.07) is 15.1. The first-order valence-corrected chi connectivity index (χ1v) is 6.66. The molecule has 0 bridgehead atoms. The maximum atomic E-state index is 11.2. The van der Waals surface area contributed by atoms with E-state index in [1.54, 1.807) is 23.9 Å². The van der Waals surface area contributed by atoms with E-state index in [1.807, 2.05) is 30.3 Å². The van der Waals surface area contributed by atoms with Gasteiger partial charge in [-0.25, -0.2) is 0 Å². The van der Waals surface area contributed by atoms with Gasteiger partial charge in [-0.05, 0) is 24.6 Å². The van der Waals surface area contributed by atoms with Crippen molar-refractivity contribution in [3.8, 4) is 5.75 Å². The van der Waals surface area contributed by atoms with Crippen molar-refractivity contribution in [1.82, 2.24) is 0 Å². The van der Waals surface area contributed by atoms with Crippen LogP contribution < -0.4 is 0 Å². The van der Waals surface area contributed by atoms with Gasteiger partial charge in [0.1, 0.15) is 5.75 Å². The largest absolute Gasteiger partial charge is 0.507 e. The maximum absolute atomic E-state index is 11.2. The van der Waals surface area contributed by atoms with Crippen molar-refractivity contribution in [3.05, 3.63) is 59.7 Å². The van der Waals surface area contributed by atoms with Gasteiger partial charge in [-0.1, -0.05) is 36.4 Å². The van der Waals surface area contributed by atoms with Crippen LogP contribution in [0.4, 0.5) is 0 Å². The predicted molar refractivity (Wildman–Crippen MR) is 74.1 cm³/mol. The van der Waals surface area contributed by atoms with Gasteiger partial charge in [-0.2, -0.15) is 0 Å². The van der Waals surface area contributed by atoms with Crippen molar-refractivity contribution in [2.45, 2.75) is 17.6 Å². The molecular weight excluding hydrogens is 244 g/mol. The van der Waals surface area contributed by atoms with Crippen LogP contribution in [-0.2, 0) is 5.75 Å². The number of Topliss-reactive ketones (excluding diaryl/α,β-unsaturated/α-hetero) is 1. The molecule has 0 aromatic heterocycles. The molecule has 0 heterocycles. The highest BCUT2D eigenvalue weighted by Gasteiger charge is 2.06. The number of ketones is 1. The molecule has 0 saturated heterocycles. The molecule has 2 aromatic rings. The van der Waals surface area contributed by atoms with Gasteiger partial charge in [-0.15, -0.1) is 11.8 Å². The van der Waals surface area contributed by atoms with Crippen molar-refractivity contribution in [1.29, 1.82) is 0 Å². The maximum Gasteiger partial charge on any atom is 0.159 e. The zero-order valence-electron chi connectivity index (χ0n) is 10.1. The van der Waals surface area contributed by atoms with Gasteiger partial charge in [-0.3, -0.25) is 4.79 Å². The Morgan fingerprint density at radius 2 is 1.89 bits per heavy atom. The Bertz CT molecular complexity index is 550. The fraction of sp³-hybridized carbons (Fsp3) is 0.133. The molecule has 2 nitrogen and oxygen atoms in total. The highest BCUT2D eigenvalue weighted by molar-refractivity contribution is 7.98. The van der Waals surface area contributed by atoms with Crippen molar-refractivity contribution in [2.24, 2.45) is 0 Å². The second-order valence-corrected chi connectivity index (χ2v) is 5.03. The smallest absolute Gasteiger partial charge is 0.159 e. The van der Waals surface area contributed by atoms with E-state index < -0.39 is 0 Å². The second kappa shape index (κ2) is 5.74. The minimum atomic E-state index is -0.0371. The first-order valence-electron chi connectivity index (χ1n) is 5.67. The molecule has 1 N–H and O–H groups in total. The lowest BCUT2D eigenvalue weighted by Gasteiger charge is -2.06. The minimum absolute atomic E-state index is 0.0371. The first kappa shape index (κ1) is 12.7. The Morgan fingerprint density at radius 3 is 2.50 bits per heavy atom. The van der Waals surface area contributed by atoms with Gasteiger partial charge in [0.05, 0.1) is 0 Å². The van der Waals surface area contributed by atoms with Crippen LogP contribution in [0.3, 0.4) is 0 Å². The summed E-state index contributed by atoms with van der Waals surface area (Å²) in [5.74, 6) is 0.932. The molecule has 0 aliphatic rings. The number of phenolic OH excluding ortho intramolecular Hbond substituents is 1. The second-order valence-electron chi connectivity index (χ2n) is 4.01. The topological polar surface area (TPSA) is 37.3 Å². The van der Waals surface area contributed by atoms with E-state index in [1.165, 1.54) is 18.6 Å². The molecule has 2 rings (SSSR count). The summed E-state index contributed by atoms with van der Waals surface area (Å²) in [6.07, 6.45) is 0. The van der Waals surface area contributed by atoms with Crippen LogP contribution in [0.1, 0.15) is 22.8 Å². The monoisotopic (exact) mass is 258 g/mol. The summed E-state index contributed by atoms with van der Waals surface area (Å²) in [6.45, 7) is 1.49. The Hall–Kier alpha value is -1.74. The Labute approximate surface area is 111 Å². The van der Waals surface area contributed by atoms with Crippen LogP contribution in [0.5, 0.6) is 5.75 Å².